The average Bonchev–Trinajstić information content (AvgIpc) is 2.46. The number of nitrogens with zero attached hydrogens (tertiary/aromatic N) is 1. The maximum atomic E-state index is 11.7. The molecule has 19 heavy (non-hydrogen) atoms. The molecule has 1 aromatic carbocycles. The Morgan fingerprint density at radius 3 is 2.68 bits per heavy atom. The second-order valence-electron chi connectivity index (χ2n) is 4.29. The molecule has 2 heterocycles. The van der Waals surface area contributed by atoms with Crippen LogP contribution in [0.25, 0.3) is 10.9 Å². The Morgan fingerprint density at radius 2 is 1.89 bits per heavy atom. The number of pyridine rings is 2. The number of H-pyrrole nitrogens is 1. The summed E-state index contributed by atoms with van der Waals surface area (Å²) in [6.07, 6.45) is 1.73. The minimum Gasteiger partial charge on any atom is -0.322 e. The minimum atomic E-state index is -0.214. The first kappa shape index (κ1) is 12.0. The van der Waals surface area contributed by atoms with Gasteiger partial charge in [-0.3, -0.25) is 9.78 Å². The molecule has 3 aromatic rings. The van der Waals surface area contributed by atoms with Crippen molar-refractivity contribution in [2.45, 2.75) is 5.25 Å². The van der Waals surface area contributed by atoms with Gasteiger partial charge in [0, 0.05) is 23.2 Å². The van der Waals surface area contributed by atoms with Crippen LogP contribution in [0.4, 0.5) is 0 Å². The zero-order chi connectivity index (χ0) is 13.2. The first-order valence-electron chi connectivity index (χ1n) is 5.96. The molecule has 0 radical (unpaired) electrons. The molecule has 3 nitrogen and oxygen atoms in total. The number of para-hydroxylation sites is 1. The lowest BCUT2D eigenvalue weighted by atomic mass is 10.0. The van der Waals surface area contributed by atoms with Crippen molar-refractivity contribution < 1.29 is 0 Å². The number of nitrogens with one attached hydrogen (secondary N) is 1. The summed E-state index contributed by atoms with van der Waals surface area (Å²) in [5.74, 6) is 0. The highest BCUT2D eigenvalue weighted by Crippen LogP contribution is 2.30. The van der Waals surface area contributed by atoms with Crippen LogP contribution < -0.4 is 5.56 Å². The van der Waals surface area contributed by atoms with Gasteiger partial charge in [0.25, 0.3) is 0 Å². The normalized spacial score (nSPS) is 12.5. The zero-order valence-electron chi connectivity index (χ0n) is 10.1. The van der Waals surface area contributed by atoms with Crippen molar-refractivity contribution in [1.82, 2.24) is 9.97 Å². The van der Waals surface area contributed by atoms with Gasteiger partial charge in [-0.15, -0.1) is 0 Å². The van der Waals surface area contributed by atoms with Crippen molar-refractivity contribution in [3.05, 3.63) is 76.3 Å². The van der Waals surface area contributed by atoms with Gasteiger partial charge in [-0.1, -0.05) is 24.3 Å². The van der Waals surface area contributed by atoms with Crippen LogP contribution in [0.1, 0.15) is 16.5 Å². The number of rotatable bonds is 2. The van der Waals surface area contributed by atoms with Gasteiger partial charge in [-0.2, -0.15) is 12.6 Å². The second-order valence-corrected chi connectivity index (χ2v) is 4.81. The Hall–Kier alpha value is -2.07. The van der Waals surface area contributed by atoms with Gasteiger partial charge < -0.3 is 4.98 Å². The number of thiol groups is 1. The van der Waals surface area contributed by atoms with Crippen molar-refractivity contribution in [2.24, 2.45) is 0 Å². The fraction of sp³-hybridized carbons (Fsp3) is 0.0667. The highest BCUT2D eigenvalue weighted by molar-refractivity contribution is 7.80. The van der Waals surface area contributed by atoms with Gasteiger partial charge in [0.1, 0.15) is 0 Å². The van der Waals surface area contributed by atoms with Crippen molar-refractivity contribution in [2.75, 3.05) is 0 Å². The molecule has 0 saturated carbocycles. The maximum Gasteiger partial charge on any atom is 0.248 e. The Labute approximate surface area is 115 Å². The summed E-state index contributed by atoms with van der Waals surface area (Å²) in [7, 11) is 0. The summed E-state index contributed by atoms with van der Waals surface area (Å²) < 4.78 is 0. The molecule has 0 aliphatic heterocycles. The number of benzene rings is 1. The highest BCUT2D eigenvalue weighted by Gasteiger charge is 2.14. The summed E-state index contributed by atoms with van der Waals surface area (Å²) in [4.78, 5) is 18.9. The zero-order valence-corrected chi connectivity index (χ0v) is 11.0. The lowest BCUT2D eigenvalue weighted by Crippen LogP contribution is -2.08. The molecule has 4 heteroatoms. The lowest BCUT2D eigenvalue weighted by Gasteiger charge is -2.13. The van der Waals surface area contributed by atoms with E-state index in [-0.39, 0.29) is 10.8 Å². The smallest absolute Gasteiger partial charge is 0.248 e. The second kappa shape index (κ2) is 4.90. The van der Waals surface area contributed by atoms with Crippen LogP contribution in [0, 0.1) is 0 Å². The molecule has 1 atom stereocenters. The van der Waals surface area contributed by atoms with E-state index in [4.69, 9.17) is 0 Å². The van der Waals surface area contributed by atoms with E-state index >= 15 is 0 Å². The van der Waals surface area contributed by atoms with Gasteiger partial charge >= 0.3 is 0 Å². The molecule has 3 rings (SSSR count). The number of fused-ring (bicyclic) bond motifs is 1. The van der Waals surface area contributed by atoms with Gasteiger partial charge in [0.15, 0.2) is 0 Å². The molecule has 0 saturated heterocycles. The minimum absolute atomic E-state index is 0.122. The van der Waals surface area contributed by atoms with Gasteiger partial charge in [-0.25, -0.2) is 0 Å². The molecule has 0 aliphatic carbocycles. The predicted octanol–water partition coefficient (Wildman–Crippen LogP) is 2.94. The molecule has 2 aromatic heterocycles. The molecule has 1 N–H and O–H groups in total. The van der Waals surface area contributed by atoms with E-state index in [0.717, 1.165) is 22.2 Å². The van der Waals surface area contributed by atoms with Gasteiger partial charge in [-0.05, 0) is 23.8 Å². The van der Waals surface area contributed by atoms with Crippen LogP contribution in [0.2, 0.25) is 0 Å². The summed E-state index contributed by atoms with van der Waals surface area (Å²) in [5, 5.41) is 0.779. The van der Waals surface area contributed by atoms with Crippen LogP contribution in [-0.4, -0.2) is 9.97 Å². The fourth-order valence-electron chi connectivity index (χ4n) is 2.15. The Balaban J connectivity index is 2.22. The van der Waals surface area contributed by atoms with Crippen LogP contribution in [0.3, 0.4) is 0 Å². The largest absolute Gasteiger partial charge is 0.322 e. The monoisotopic (exact) mass is 268 g/mol. The topological polar surface area (TPSA) is 45.8 Å². The van der Waals surface area contributed by atoms with Crippen molar-refractivity contribution >= 4 is 23.5 Å². The van der Waals surface area contributed by atoms with E-state index in [9.17, 15) is 4.79 Å². The molecule has 1 unspecified atom stereocenters. The third kappa shape index (κ3) is 2.27. The first-order chi connectivity index (χ1) is 9.25. The van der Waals surface area contributed by atoms with Crippen LogP contribution in [0.15, 0.2) is 59.5 Å². The van der Waals surface area contributed by atoms with E-state index in [2.05, 4.69) is 22.6 Å². The average molecular weight is 268 g/mol. The van der Waals surface area contributed by atoms with E-state index in [0.29, 0.717) is 0 Å². The van der Waals surface area contributed by atoms with Crippen LogP contribution >= 0.6 is 12.6 Å². The lowest BCUT2D eigenvalue weighted by molar-refractivity contribution is 1.06. The Kier molecular flexibility index (Phi) is 3.09. The quantitative estimate of drug-likeness (QED) is 0.702. The number of hydrogen-bond acceptors (Lipinski definition) is 3. The Bertz CT molecular complexity index is 768. The fourth-order valence-corrected chi connectivity index (χ4v) is 2.52. The maximum absolute atomic E-state index is 11.7. The van der Waals surface area contributed by atoms with Crippen molar-refractivity contribution in [1.29, 1.82) is 0 Å². The first-order valence-corrected chi connectivity index (χ1v) is 6.48. The van der Waals surface area contributed by atoms with E-state index < -0.39 is 0 Å². The molecule has 0 bridgehead atoms. The van der Waals surface area contributed by atoms with E-state index in [1.165, 1.54) is 0 Å². The summed E-state index contributed by atoms with van der Waals surface area (Å²) in [6.45, 7) is 0. The summed E-state index contributed by atoms with van der Waals surface area (Å²) in [5.41, 5.74) is 2.41. The van der Waals surface area contributed by atoms with Crippen LogP contribution in [-0.2, 0) is 0 Å². The number of hydrogen-bond donors (Lipinski definition) is 2. The molecule has 0 amide bonds. The summed E-state index contributed by atoms with van der Waals surface area (Å²) in [6, 6.07) is 15.0. The Morgan fingerprint density at radius 1 is 1.11 bits per heavy atom. The molecule has 0 spiro atoms. The standard InChI is InChI=1S/C15H12N2OS/c18-14-9-11(10-5-1-2-6-12(10)17-14)15(19)13-7-3-4-8-16-13/h1-9,15,19H,(H,17,18). The number of aromatic amines is 1. The molecule has 0 aliphatic rings. The van der Waals surface area contributed by atoms with E-state index in [1.807, 2.05) is 42.5 Å². The van der Waals surface area contributed by atoms with E-state index in [1.54, 1.807) is 12.3 Å². The molecule has 94 valence electrons. The van der Waals surface area contributed by atoms with Gasteiger partial charge in [0.05, 0.1) is 10.9 Å². The molecular weight excluding hydrogens is 256 g/mol. The molecule has 0 fully saturated rings. The van der Waals surface area contributed by atoms with Crippen molar-refractivity contribution in [3.63, 3.8) is 0 Å². The predicted molar refractivity (Wildman–Crippen MR) is 79.6 cm³/mol. The number of aromatic nitrogens is 2. The third-order valence-corrected chi connectivity index (χ3v) is 3.59. The van der Waals surface area contributed by atoms with Crippen LogP contribution in [0.5, 0.6) is 0 Å². The SMILES string of the molecule is O=c1cc(C(S)c2ccccn2)c2ccccc2[nH]1. The van der Waals surface area contributed by atoms with Gasteiger partial charge in [0.2, 0.25) is 5.56 Å². The molecular formula is C15H12N2OS. The van der Waals surface area contributed by atoms with Crippen molar-refractivity contribution in [3.8, 4) is 0 Å². The summed E-state index contributed by atoms with van der Waals surface area (Å²) >= 11 is 4.62. The highest BCUT2D eigenvalue weighted by atomic mass is 32.1. The third-order valence-electron chi connectivity index (χ3n) is 3.05.